The highest BCUT2D eigenvalue weighted by Crippen LogP contribution is 2.20. The van der Waals surface area contributed by atoms with Gasteiger partial charge in [0.25, 0.3) is 0 Å². The van der Waals surface area contributed by atoms with E-state index in [-0.39, 0.29) is 25.3 Å². The fraction of sp³-hybridized carbons (Fsp3) is 0.500. The smallest absolute Gasteiger partial charge is 0.326 e. The van der Waals surface area contributed by atoms with E-state index in [9.17, 15) is 14.7 Å². The molecule has 0 spiro atoms. The van der Waals surface area contributed by atoms with E-state index in [1.165, 1.54) is 4.90 Å². The number of aliphatic hydroxyl groups excluding tert-OH is 1. The zero-order chi connectivity index (χ0) is 13.1. The van der Waals surface area contributed by atoms with Crippen LogP contribution in [0.15, 0.2) is 17.5 Å². The van der Waals surface area contributed by atoms with Crippen LogP contribution in [0.25, 0.3) is 0 Å². The van der Waals surface area contributed by atoms with Gasteiger partial charge in [0.05, 0.1) is 6.10 Å². The van der Waals surface area contributed by atoms with Crippen molar-refractivity contribution in [3.8, 4) is 0 Å². The average Bonchev–Trinajstić information content (AvgIpc) is 2.94. The fourth-order valence-corrected chi connectivity index (χ4v) is 2.86. The van der Waals surface area contributed by atoms with Gasteiger partial charge in [-0.1, -0.05) is 6.07 Å². The van der Waals surface area contributed by atoms with Crippen molar-refractivity contribution in [3.63, 3.8) is 0 Å². The minimum absolute atomic E-state index is 0.125. The van der Waals surface area contributed by atoms with Crippen LogP contribution in [0.2, 0.25) is 0 Å². The Kier molecular flexibility index (Phi) is 3.98. The second-order valence-electron chi connectivity index (χ2n) is 4.37. The molecular weight excluding hydrogens is 254 g/mol. The summed E-state index contributed by atoms with van der Waals surface area (Å²) in [6.45, 7) is 0.125. The van der Waals surface area contributed by atoms with Crippen molar-refractivity contribution in [2.45, 2.75) is 31.4 Å². The van der Waals surface area contributed by atoms with Crippen LogP contribution in [0.4, 0.5) is 0 Å². The number of aliphatic carboxylic acids is 1. The van der Waals surface area contributed by atoms with E-state index in [1.54, 1.807) is 11.3 Å². The lowest BCUT2D eigenvalue weighted by Gasteiger charge is -2.20. The van der Waals surface area contributed by atoms with Gasteiger partial charge in [0.2, 0.25) is 5.91 Å². The van der Waals surface area contributed by atoms with Gasteiger partial charge in [-0.15, -0.1) is 11.3 Å². The van der Waals surface area contributed by atoms with Crippen LogP contribution in [0.1, 0.15) is 17.7 Å². The van der Waals surface area contributed by atoms with Crippen molar-refractivity contribution in [3.05, 3.63) is 22.4 Å². The molecule has 5 nitrogen and oxygen atoms in total. The number of carboxylic acid groups (broad SMARTS) is 1. The van der Waals surface area contributed by atoms with Crippen molar-refractivity contribution in [1.29, 1.82) is 0 Å². The molecule has 2 heterocycles. The summed E-state index contributed by atoms with van der Waals surface area (Å²) < 4.78 is 0. The molecule has 2 atom stereocenters. The summed E-state index contributed by atoms with van der Waals surface area (Å²) in [5.74, 6) is -1.25. The lowest BCUT2D eigenvalue weighted by Crippen LogP contribution is -2.40. The summed E-state index contributed by atoms with van der Waals surface area (Å²) in [5, 5.41) is 20.4. The highest BCUT2D eigenvalue weighted by molar-refractivity contribution is 7.09. The van der Waals surface area contributed by atoms with Gasteiger partial charge in [0, 0.05) is 24.3 Å². The molecule has 0 aromatic carbocycles. The quantitative estimate of drug-likeness (QED) is 0.844. The van der Waals surface area contributed by atoms with Crippen molar-refractivity contribution >= 4 is 23.2 Å². The number of thiophene rings is 1. The van der Waals surface area contributed by atoms with Gasteiger partial charge < -0.3 is 15.1 Å². The van der Waals surface area contributed by atoms with Crippen molar-refractivity contribution in [2.24, 2.45) is 0 Å². The number of aryl methyl sites for hydroxylation is 1. The van der Waals surface area contributed by atoms with Crippen LogP contribution < -0.4 is 0 Å². The van der Waals surface area contributed by atoms with E-state index in [2.05, 4.69) is 0 Å². The number of likely N-dealkylation sites (tertiary alicyclic amines) is 1. The Morgan fingerprint density at radius 1 is 1.50 bits per heavy atom. The molecule has 1 aromatic rings. The first-order chi connectivity index (χ1) is 8.58. The number of aliphatic hydroxyl groups is 1. The number of carbonyl (C=O) groups excluding carboxylic acids is 1. The fourth-order valence-electron chi connectivity index (χ4n) is 2.15. The van der Waals surface area contributed by atoms with Gasteiger partial charge in [-0.3, -0.25) is 4.79 Å². The van der Waals surface area contributed by atoms with E-state index >= 15 is 0 Å². The molecule has 1 amide bonds. The Bertz CT molecular complexity index is 431. The maximum atomic E-state index is 12.0. The van der Waals surface area contributed by atoms with Gasteiger partial charge in [-0.05, 0) is 17.9 Å². The summed E-state index contributed by atoms with van der Waals surface area (Å²) in [5.41, 5.74) is 0. The number of carboxylic acids is 1. The number of carbonyl (C=O) groups is 2. The number of hydrogen-bond donors (Lipinski definition) is 2. The van der Waals surface area contributed by atoms with E-state index in [0.717, 1.165) is 4.88 Å². The zero-order valence-corrected chi connectivity index (χ0v) is 10.6. The molecule has 1 aromatic heterocycles. The van der Waals surface area contributed by atoms with Crippen LogP contribution in [-0.4, -0.2) is 45.7 Å². The van der Waals surface area contributed by atoms with E-state index in [1.807, 2.05) is 17.5 Å². The molecule has 18 heavy (non-hydrogen) atoms. The summed E-state index contributed by atoms with van der Waals surface area (Å²) in [4.78, 5) is 25.3. The van der Waals surface area contributed by atoms with Crippen molar-refractivity contribution < 1.29 is 19.8 Å². The lowest BCUT2D eigenvalue weighted by atomic mass is 10.2. The standard InChI is InChI=1S/C12H15NO4S/c14-8-6-10(12(16)17)13(7-8)11(15)4-3-9-2-1-5-18-9/h1-2,5,8,10,14H,3-4,6-7H2,(H,16,17). The summed E-state index contributed by atoms with van der Waals surface area (Å²) in [6, 6.07) is 2.99. The number of amides is 1. The third-order valence-corrected chi connectivity index (χ3v) is 3.99. The SMILES string of the molecule is O=C(O)C1CC(O)CN1C(=O)CCc1cccs1. The molecule has 0 bridgehead atoms. The monoisotopic (exact) mass is 269 g/mol. The third kappa shape index (κ3) is 2.88. The Labute approximate surface area is 109 Å². The summed E-state index contributed by atoms with van der Waals surface area (Å²) in [6.07, 6.45) is 0.309. The predicted molar refractivity (Wildman–Crippen MR) is 66.4 cm³/mol. The number of rotatable bonds is 4. The average molecular weight is 269 g/mol. The molecule has 2 unspecified atom stereocenters. The highest BCUT2D eigenvalue weighted by atomic mass is 32.1. The molecule has 98 valence electrons. The van der Waals surface area contributed by atoms with Gasteiger partial charge in [-0.2, -0.15) is 0 Å². The molecule has 1 saturated heterocycles. The number of β-amino-alcohol motifs (C(OH)–C–C–N with tert-alkyl or cyclic N) is 1. The predicted octanol–water partition coefficient (Wildman–Crippen LogP) is 0.727. The summed E-state index contributed by atoms with van der Waals surface area (Å²) in [7, 11) is 0. The maximum absolute atomic E-state index is 12.0. The minimum atomic E-state index is -1.05. The van der Waals surface area contributed by atoms with Crippen molar-refractivity contribution in [1.82, 2.24) is 4.90 Å². The number of nitrogens with zero attached hydrogens (tertiary/aromatic N) is 1. The topological polar surface area (TPSA) is 77.8 Å². The lowest BCUT2D eigenvalue weighted by molar-refractivity contribution is -0.148. The second-order valence-corrected chi connectivity index (χ2v) is 5.40. The Hall–Kier alpha value is -1.40. The Morgan fingerprint density at radius 3 is 2.89 bits per heavy atom. The van der Waals surface area contributed by atoms with Gasteiger partial charge >= 0.3 is 5.97 Å². The Morgan fingerprint density at radius 2 is 2.28 bits per heavy atom. The molecule has 1 fully saturated rings. The van der Waals surface area contributed by atoms with Crippen LogP contribution in [0, 0.1) is 0 Å². The van der Waals surface area contributed by atoms with E-state index in [4.69, 9.17) is 5.11 Å². The Balaban J connectivity index is 1.93. The van der Waals surface area contributed by atoms with E-state index < -0.39 is 18.1 Å². The largest absolute Gasteiger partial charge is 0.480 e. The first kappa shape index (κ1) is 13.0. The molecular formula is C12H15NO4S. The first-order valence-electron chi connectivity index (χ1n) is 5.80. The summed E-state index contributed by atoms with van der Waals surface area (Å²) >= 11 is 1.58. The van der Waals surface area contributed by atoms with Gasteiger partial charge in [0.15, 0.2) is 0 Å². The normalized spacial score (nSPS) is 23.3. The zero-order valence-electron chi connectivity index (χ0n) is 9.78. The molecule has 0 aliphatic carbocycles. The highest BCUT2D eigenvalue weighted by Gasteiger charge is 2.38. The molecule has 0 radical (unpaired) electrons. The molecule has 6 heteroatoms. The van der Waals surface area contributed by atoms with Crippen LogP contribution in [-0.2, 0) is 16.0 Å². The van der Waals surface area contributed by atoms with Gasteiger partial charge in [-0.25, -0.2) is 4.79 Å². The number of hydrogen-bond acceptors (Lipinski definition) is 4. The maximum Gasteiger partial charge on any atom is 0.326 e. The van der Waals surface area contributed by atoms with Crippen LogP contribution in [0.5, 0.6) is 0 Å². The minimum Gasteiger partial charge on any atom is -0.480 e. The van der Waals surface area contributed by atoms with Gasteiger partial charge in [0.1, 0.15) is 6.04 Å². The molecule has 1 aliphatic heterocycles. The van der Waals surface area contributed by atoms with Crippen LogP contribution in [0.3, 0.4) is 0 Å². The first-order valence-corrected chi connectivity index (χ1v) is 6.68. The molecule has 0 saturated carbocycles. The van der Waals surface area contributed by atoms with E-state index in [0.29, 0.717) is 6.42 Å². The third-order valence-electron chi connectivity index (χ3n) is 3.05. The van der Waals surface area contributed by atoms with Crippen molar-refractivity contribution in [2.75, 3.05) is 6.54 Å². The molecule has 2 rings (SSSR count). The molecule has 1 aliphatic rings. The van der Waals surface area contributed by atoms with Crippen LogP contribution >= 0.6 is 11.3 Å². The second kappa shape index (κ2) is 5.49. The molecule has 2 N–H and O–H groups in total.